The molecule has 0 saturated carbocycles. The van der Waals surface area contributed by atoms with E-state index in [0.717, 1.165) is 43.2 Å². The molecule has 12 nitrogen and oxygen atoms in total. The van der Waals surface area contributed by atoms with E-state index in [1.807, 2.05) is 21.9 Å². The molecule has 2 saturated heterocycles. The minimum atomic E-state index is -0.342. The normalized spacial score (nSPS) is 15.8. The van der Waals surface area contributed by atoms with Gasteiger partial charge in [-0.1, -0.05) is 4.49 Å². The van der Waals surface area contributed by atoms with E-state index in [1.165, 1.54) is 14.2 Å². The highest BCUT2D eigenvalue weighted by Crippen LogP contribution is 2.32. The lowest BCUT2D eigenvalue weighted by Gasteiger charge is -2.27. The van der Waals surface area contributed by atoms with Gasteiger partial charge >= 0.3 is 0 Å². The van der Waals surface area contributed by atoms with Crippen molar-refractivity contribution in [1.82, 2.24) is 24.7 Å². The Hall–Kier alpha value is -4.23. The Kier molecular flexibility index (Phi) is 9.72. The number of nitrogens with one attached hydrogen (secondary N) is 2. The number of aryl methyl sites for hydroxylation is 1. The number of nitrogens with zero attached hydrogens (tertiary/aromatic N) is 5. The molecular weight excluding hydrogens is 570 g/mol. The molecule has 0 bridgehead atoms. The second kappa shape index (κ2) is 13.8. The van der Waals surface area contributed by atoms with Crippen LogP contribution in [0.2, 0.25) is 0 Å². The van der Waals surface area contributed by atoms with Crippen LogP contribution in [0.5, 0.6) is 11.5 Å². The Bertz CT molecular complexity index is 1470. The quantitative estimate of drug-likeness (QED) is 0.417. The molecule has 228 valence electrons. The number of aromatic nitrogens is 2. The van der Waals surface area contributed by atoms with Crippen LogP contribution in [0.15, 0.2) is 36.4 Å². The van der Waals surface area contributed by atoms with Gasteiger partial charge in [0.15, 0.2) is 11.5 Å². The van der Waals surface area contributed by atoms with E-state index in [0.29, 0.717) is 78.2 Å². The molecule has 0 atom stereocenters. The van der Waals surface area contributed by atoms with Crippen LogP contribution in [0.4, 0.5) is 11.4 Å². The molecule has 2 fully saturated rings. The molecule has 0 radical (unpaired) electrons. The van der Waals surface area contributed by atoms with Gasteiger partial charge in [-0.15, -0.1) is 5.10 Å². The zero-order chi connectivity index (χ0) is 30.3. The summed E-state index contributed by atoms with van der Waals surface area (Å²) in [6.45, 7) is 7.04. The largest absolute Gasteiger partial charge is 0.493 e. The number of carbonyl (C=O) groups is 3. The molecule has 1 aromatic heterocycles. The molecule has 0 unspecified atom stereocenters. The average molecular weight is 608 g/mol. The van der Waals surface area contributed by atoms with E-state index in [9.17, 15) is 14.4 Å². The van der Waals surface area contributed by atoms with Crippen LogP contribution in [0.1, 0.15) is 48.9 Å². The van der Waals surface area contributed by atoms with Crippen molar-refractivity contribution in [3.63, 3.8) is 0 Å². The van der Waals surface area contributed by atoms with Crippen LogP contribution in [0, 0.1) is 6.92 Å². The summed E-state index contributed by atoms with van der Waals surface area (Å²) in [5.41, 5.74) is 2.85. The molecule has 0 spiro atoms. The summed E-state index contributed by atoms with van der Waals surface area (Å²) < 4.78 is 14.6. The third-order valence-corrected chi connectivity index (χ3v) is 8.55. The van der Waals surface area contributed by atoms with Crippen molar-refractivity contribution in [1.29, 1.82) is 0 Å². The Balaban J connectivity index is 1.42. The SMILES string of the molecule is COc1ccc(C(=O)Nc2cc(C(=O)N3CCCNCC3)ccc2N2CCCN(C(=O)c3snnc3C)CC2)cc1OC. The molecule has 2 aliphatic heterocycles. The van der Waals surface area contributed by atoms with E-state index in [-0.39, 0.29) is 17.7 Å². The van der Waals surface area contributed by atoms with Gasteiger partial charge in [-0.05, 0) is 74.2 Å². The Morgan fingerprint density at radius 3 is 2.37 bits per heavy atom. The molecule has 43 heavy (non-hydrogen) atoms. The fraction of sp³-hybridized carbons (Fsp3) is 0.433. The predicted molar refractivity (Wildman–Crippen MR) is 165 cm³/mol. The number of amides is 3. The van der Waals surface area contributed by atoms with Crippen LogP contribution in [0.25, 0.3) is 0 Å². The third-order valence-electron chi connectivity index (χ3n) is 7.73. The standard InChI is InChI=1S/C30H37N7O5S/c1-20-27(43-34-33-20)30(40)37-14-5-13-35(16-17-37)24-8-6-22(29(39)36-12-4-10-31-11-15-36)18-23(24)32-28(38)21-7-9-25(41-2)26(19-21)42-3/h6-9,18-19,31H,4-5,10-17H2,1-3H3,(H,32,38). The minimum absolute atomic E-state index is 0.0655. The zero-order valence-corrected chi connectivity index (χ0v) is 25.5. The number of carbonyl (C=O) groups excluding carboxylic acids is 3. The zero-order valence-electron chi connectivity index (χ0n) is 24.7. The number of rotatable bonds is 7. The van der Waals surface area contributed by atoms with Gasteiger partial charge in [0.25, 0.3) is 17.7 Å². The average Bonchev–Trinajstić information content (AvgIpc) is 3.21. The topological polar surface area (TPSA) is 129 Å². The molecule has 3 aromatic rings. The van der Waals surface area contributed by atoms with Gasteiger partial charge in [0.2, 0.25) is 0 Å². The van der Waals surface area contributed by atoms with Gasteiger partial charge in [0.1, 0.15) is 4.88 Å². The van der Waals surface area contributed by atoms with Crippen molar-refractivity contribution in [2.45, 2.75) is 19.8 Å². The maximum absolute atomic E-state index is 13.5. The molecule has 2 aliphatic rings. The van der Waals surface area contributed by atoms with Gasteiger partial charge in [-0.2, -0.15) is 0 Å². The van der Waals surface area contributed by atoms with Crippen molar-refractivity contribution < 1.29 is 23.9 Å². The lowest BCUT2D eigenvalue weighted by atomic mass is 10.1. The van der Waals surface area contributed by atoms with Crippen LogP contribution in [-0.2, 0) is 0 Å². The number of anilines is 2. The Morgan fingerprint density at radius 1 is 0.837 bits per heavy atom. The van der Waals surface area contributed by atoms with E-state index in [2.05, 4.69) is 25.1 Å². The summed E-state index contributed by atoms with van der Waals surface area (Å²) >= 11 is 1.11. The lowest BCUT2D eigenvalue weighted by Crippen LogP contribution is -2.35. The summed E-state index contributed by atoms with van der Waals surface area (Å²) in [6, 6.07) is 10.4. The summed E-state index contributed by atoms with van der Waals surface area (Å²) in [5, 5.41) is 10.4. The molecule has 2 N–H and O–H groups in total. The summed E-state index contributed by atoms with van der Waals surface area (Å²) in [4.78, 5) is 46.6. The van der Waals surface area contributed by atoms with E-state index < -0.39 is 0 Å². The van der Waals surface area contributed by atoms with Crippen LogP contribution in [-0.4, -0.2) is 104 Å². The highest BCUT2D eigenvalue weighted by atomic mass is 32.1. The summed E-state index contributed by atoms with van der Waals surface area (Å²) in [5.74, 6) is 0.484. The first kappa shape index (κ1) is 30.2. The first-order valence-corrected chi connectivity index (χ1v) is 15.2. The molecule has 3 heterocycles. The van der Waals surface area contributed by atoms with Gasteiger partial charge in [-0.3, -0.25) is 14.4 Å². The number of ether oxygens (including phenoxy) is 2. The van der Waals surface area contributed by atoms with Crippen LogP contribution < -0.4 is 25.0 Å². The molecule has 2 aromatic carbocycles. The molecular formula is C30H37N7O5S. The Morgan fingerprint density at radius 2 is 1.60 bits per heavy atom. The fourth-order valence-corrected chi connectivity index (χ4v) is 6.01. The van der Waals surface area contributed by atoms with E-state index >= 15 is 0 Å². The van der Waals surface area contributed by atoms with Gasteiger partial charge in [-0.25, -0.2) is 0 Å². The summed E-state index contributed by atoms with van der Waals surface area (Å²) in [7, 11) is 3.06. The van der Waals surface area contributed by atoms with Crippen molar-refractivity contribution in [3.8, 4) is 11.5 Å². The second-order valence-electron chi connectivity index (χ2n) is 10.5. The smallest absolute Gasteiger partial charge is 0.267 e. The van der Waals surface area contributed by atoms with E-state index in [1.54, 1.807) is 31.2 Å². The lowest BCUT2D eigenvalue weighted by molar-refractivity contribution is 0.0760. The van der Waals surface area contributed by atoms with Crippen molar-refractivity contribution in [2.75, 3.05) is 76.8 Å². The number of methoxy groups -OCH3 is 2. The number of benzene rings is 2. The maximum Gasteiger partial charge on any atom is 0.267 e. The fourth-order valence-electron chi connectivity index (χ4n) is 5.38. The Labute approximate surface area is 255 Å². The van der Waals surface area contributed by atoms with Gasteiger partial charge in [0, 0.05) is 56.9 Å². The van der Waals surface area contributed by atoms with Gasteiger partial charge < -0.3 is 34.8 Å². The van der Waals surface area contributed by atoms with Crippen molar-refractivity contribution in [3.05, 3.63) is 58.1 Å². The summed E-state index contributed by atoms with van der Waals surface area (Å²) in [6.07, 6.45) is 1.62. The molecule has 0 aliphatic carbocycles. The monoisotopic (exact) mass is 607 g/mol. The van der Waals surface area contributed by atoms with Crippen molar-refractivity contribution in [2.24, 2.45) is 0 Å². The van der Waals surface area contributed by atoms with E-state index in [4.69, 9.17) is 9.47 Å². The third kappa shape index (κ3) is 6.89. The van der Waals surface area contributed by atoms with Crippen LogP contribution >= 0.6 is 11.5 Å². The highest BCUT2D eigenvalue weighted by molar-refractivity contribution is 7.07. The number of hydrogen-bond donors (Lipinski definition) is 2. The number of hydrogen-bond acceptors (Lipinski definition) is 10. The first-order chi connectivity index (χ1) is 20.9. The molecule has 5 rings (SSSR count). The second-order valence-corrected chi connectivity index (χ2v) is 11.2. The van der Waals surface area contributed by atoms with Gasteiger partial charge in [0.05, 0.1) is 31.3 Å². The molecule has 3 amide bonds. The molecule has 13 heteroatoms. The maximum atomic E-state index is 13.5. The van der Waals surface area contributed by atoms with Crippen LogP contribution in [0.3, 0.4) is 0 Å². The predicted octanol–water partition coefficient (Wildman–Crippen LogP) is 2.90. The first-order valence-electron chi connectivity index (χ1n) is 14.4. The highest BCUT2D eigenvalue weighted by Gasteiger charge is 2.26. The minimum Gasteiger partial charge on any atom is -0.493 e. The van der Waals surface area contributed by atoms with Crippen molar-refractivity contribution >= 4 is 40.6 Å².